The molecule has 1 aromatic carbocycles. The molecular formula is C27H36N4O6. The van der Waals surface area contributed by atoms with E-state index in [4.69, 9.17) is 18.9 Å². The Labute approximate surface area is 217 Å². The van der Waals surface area contributed by atoms with E-state index in [1.807, 2.05) is 40.7 Å². The van der Waals surface area contributed by atoms with Crippen LogP contribution in [0.2, 0.25) is 0 Å². The number of hydrogen-bond donors (Lipinski definition) is 0. The van der Waals surface area contributed by atoms with Crippen LogP contribution >= 0.6 is 0 Å². The topological polar surface area (TPSA) is 103 Å². The van der Waals surface area contributed by atoms with E-state index in [1.165, 1.54) is 7.11 Å². The summed E-state index contributed by atoms with van der Waals surface area (Å²) in [6.45, 7) is 12.0. The molecule has 10 heteroatoms. The van der Waals surface area contributed by atoms with Crippen molar-refractivity contribution in [1.82, 2.24) is 14.9 Å². The summed E-state index contributed by atoms with van der Waals surface area (Å²) in [4.78, 5) is 38.5. The van der Waals surface area contributed by atoms with Gasteiger partial charge in [0, 0.05) is 30.4 Å². The first kappa shape index (κ1) is 25.5. The lowest BCUT2D eigenvalue weighted by Gasteiger charge is -2.45. The normalized spacial score (nSPS) is 27.1. The minimum absolute atomic E-state index is 0.0885. The number of carbonyl (C=O) groups excluding carboxylic acids is 2. The quantitative estimate of drug-likeness (QED) is 0.553. The van der Waals surface area contributed by atoms with Gasteiger partial charge in [0.2, 0.25) is 0 Å². The largest absolute Gasteiger partial charge is 0.465 e. The highest BCUT2D eigenvalue weighted by molar-refractivity contribution is 6.06. The van der Waals surface area contributed by atoms with Crippen LogP contribution < -0.4 is 9.64 Å². The minimum Gasteiger partial charge on any atom is -0.465 e. The molecule has 0 unspecified atom stereocenters. The standard InChI is InChI=1S/C27H36N4O6/c1-16-12-30(13-17(2)31(16)25(33)37-26(3,4)5)21-8-7-19(23(32)34-6)22-20(21)11-28-24(29-22)35-15-27-9-18(10-27)14-36-27/h7-8,11,16-18H,9-10,12-15H2,1-6H3/t16-,17-,18?,27?/m0/s1. The lowest BCUT2D eigenvalue weighted by molar-refractivity contribution is -0.0379. The zero-order valence-electron chi connectivity index (χ0n) is 22.4. The van der Waals surface area contributed by atoms with Gasteiger partial charge in [0.15, 0.2) is 0 Å². The molecule has 0 spiro atoms. The fourth-order valence-corrected chi connectivity index (χ4v) is 5.78. The Balaban J connectivity index is 1.41. The van der Waals surface area contributed by atoms with Crippen LogP contribution in [0, 0.1) is 5.92 Å². The fourth-order valence-electron chi connectivity index (χ4n) is 5.78. The molecule has 3 saturated heterocycles. The maximum absolute atomic E-state index is 12.9. The first-order valence-electron chi connectivity index (χ1n) is 12.9. The lowest BCUT2D eigenvalue weighted by Crippen LogP contribution is -2.59. The third kappa shape index (κ3) is 4.91. The number of anilines is 1. The van der Waals surface area contributed by atoms with Gasteiger partial charge in [-0.1, -0.05) is 0 Å². The molecule has 2 atom stereocenters. The molecule has 3 aliphatic heterocycles. The Morgan fingerprint density at radius 2 is 1.86 bits per heavy atom. The van der Waals surface area contributed by atoms with Crippen LogP contribution in [0.3, 0.4) is 0 Å². The number of carbonyl (C=O) groups is 2. The van der Waals surface area contributed by atoms with Crippen molar-refractivity contribution in [2.24, 2.45) is 5.92 Å². The van der Waals surface area contributed by atoms with Crippen LogP contribution in [0.4, 0.5) is 10.5 Å². The van der Waals surface area contributed by atoms with E-state index >= 15 is 0 Å². The molecule has 200 valence electrons. The first-order chi connectivity index (χ1) is 17.5. The Morgan fingerprint density at radius 3 is 2.46 bits per heavy atom. The number of hydrogen-bond acceptors (Lipinski definition) is 9. The predicted molar refractivity (Wildman–Crippen MR) is 137 cm³/mol. The van der Waals surface area contributed by atoms with Crippen LogP contribution in [0.1, 0.15) is 57.8 Å². The van der Waals surface area contributed by atoms with Crippen molar-refractivity contribution >= 4 is 28.7 Å². The summed E-state index contributed by atoms with van der Waals surface area (Å²) in [5.74, 6) is 0.160. The number of amides is 1. The second kappa shape index (κ2) is 9.31. The second-order valence-corrected chi connectivity index (χ2v) is 11.6. The minimum atomic E-state index is -0.561. The van der Waals surface area contributed by atoms with Crippen LogP contribution in [0.15, 0.2) is 18.3 Å². The van der Waals surface area contributed by atoms with Gasteiger partial charge in [0.1, 0.15) is 17.8 Å². The maximum atomic E-state index is 12.9. The Bertz CT molecular complexity index is 1190. The third-order valence-corrected chi connectivity index (χ3v) is 7.39. The Kier molecular flexibility index (Phi) is 6.42. The number of benzene rings is 1. The number of methoxy groups -OCH3 is 1. The third-order valence-electron chi connectivity index (χ3n) is 7.39. The lowest BCUT2D eigenvalue weighted by atomic mass is 9.75. The summed E-state index contributed by atoms with van der Waals surface area (Å²) in [5, 5.41) is 0.722. The number of esters is 1. The van der Waals surface area contributed by atoms with Gasteiger partial charge in [-0.3, -0.25) is 4.90 Å². The van der Waals surface area contributed by atoms with Gasteiger partial charge in [-0.2, -0.15) is 4.98 Å². The van der Waals surface area contributed by atoms with E-state index in [1.54, 1.807) is 17.2 Å². The zero-order valence-corrected chi connectivity index (χ0v) is 22.4. The van der Waals surface area contributed by atoms with Crippen molar-refractivity contribution in [3.63, 3.8) is 0 Å². The van der Waals surface area contributed by atoms with Crippen LogP contribution in [-0.2, 0) is 14.2 Å². The molecule has 1 amide bonds. The van der Waals surface area contributed by atoms with Gasteiger partial charge in [0.05, 0.1) is 36.9 Å². The highest BCUT2D eigenvalue weighted by atomic mass is 16.6. The average Bonchev–Trinajstić information content (AvgIpc) is 3.41. The summed E-state index contributed by atoms with van der Waals surface area (Å²) < 4.78 is 22.5. The number of fused-ring (bicyclic) bond motifs is 2. The highest BCUT2D eigenvalue weighted by Crippen LogP contribution is 2.48. The van der Waals surface area contributed by atoms with Crippen molar-refractivity contribution in [3.8, 4) is 6.01 Å². The van der Waals surface area contributed by atoms with Crippen LogP contribution in [-0.4, -0.2) is 83.6 Å². The molecule has 10 nitrogen and oxygen atoms in total. The van der Waals surface area contributed by atoms with Crippen molar-refractivity contribution in [2.45, 2.75) is 70.7 Å². The molecule has 1 aliphatic carbocycles. The van der Waals surface area contributed by atoms with E-state index in [0.29, 0.717) is 36.7 Å². The van der Waals surface area contributed by atoms with Crippen LogP contribution in [0.5, 0.6) is 6.01 Å². The molecule has 2 aromatic rings. The molecule has 4 fully saturated rings. The maximum Gasteiger partial charge on any atom is 0.410 e. The molecule has 1 aromatic heterocycles. The summed E-state index contributed by atoms with van der Waals surface area (Å²) in [6, 6.07) is 3.65. The van der Waals surface area contributed by atoms with Gasteiger partial charge in [-0.25, -0.2) is 14.6 Å². The molecule has 2 bridgehead atoms. The molecule has 0 N–H and O–H groups in total. The van der Waals surface area contributed by atoms with E-state index in [0.717, 1.165) is 30.5 Å². The molecule has 4 aliphatic rings. The monoisotopic (exact) mass is 512 g/mol. The number of piperazine rings is 1. The van der Waals surface area contributed by atoms with Crippen molar-refractivity contribution in [3.05, 3.63) is 23.9 Å². The van der Waals surface area contributed by atoms with Crippen molar-refractivity contribution in [2.75, 3.05) is 38.3 Å². The SMILES string of the molecule is COC(=O)c1ccc(N2C[C@H](C)N(C(=O)OC(C)(C)C)[C@@H](C)C2)c2cnc(OCC34CC(CO3)C4)nc12. The van der Waals surface area contributed by atoms with Gasteiger partial charge in [0.25, 0.3) is 0 Å². The molecular weight excluding hydrogens is 476 g/mol. The summed E-state index contributed by atoms with van der Waals surface area (Å²) in [6.07, 6.45) is 3.39. The molecule has 1 saturated carbocycles. The zero-order chi connectivity index (χ0) is 26.5. The summed E-state index contributed by atoms with van der Waals surface area (Å²) in [5.41, 5.74) is 0.919. The highest BCUT2D eigenvalue weighted by Gasteiger charge is 2.52. The number of aromatic nitrogens is 2. The van der Waals surface area contributed by atoms with Gasteiger partial charge >= 0.3 is 18.1 Å². The second-order valence-electron chi connectivity index (χ2n) is 11.6. The summed E-state index contributed by atoms with van der Waals surface area (Å²) in [7, 11) is 1.35. The first-order valence-corrected chi connectivity index (χ1v) is 12.9. The summed E-state index contributed by atoms with van der Waals surface area (Å²) >= 11 is 0. The Hall–Kier alpha value is -3.14. The van der Waals surface area contributed by atoms with Crippen molar-refractivity contribution < 1.29 is 28.5 Å². The van der Waals surface area contributed by atoms with E-state index < -0.39 is 11.6 Å². The molecule has 4 heterocycles. The molecule has 6 rings (SSSR count). The average molecular weight is 513 g/mol. The van der Waals surface area contributed by atoms with E-state index in [9.17, 15) is 9.59 Å². The smallest absolute Gasteiger partial charge is 0.410 e. The van der Waals surface area contributed by atoms with E-state index in [-0.39, 0.29) is 29.8 Å². The van der Waals surface area contributed by atoms with Crippen LogP contribution in [0.25, 0.3) is 10.9 Å². The van der Waals surface area contributed by atoms with Gasteiger partial charge < -0.3 is 23.8 Å². The van der Waals surface area contributed by atoms with Crippen molar-refractivity contribution in [1.29, 1.82) is 0 Å². The van der Waals surface area contributed by atoms with Gasteiger partial charge in [-0.05, 0) is 65.5 Å². The molecule has 37 heavy (non-hydrogen) atoms. The predicted octanol–water partition coefficient (Wildman–Crippen LogP) is 3.81. The number of ether oxygens (including phenoxy) is 4. The van der Waals surface area contributed by atoms with Gasteiger partial charge in [-0.15, -0.1) is 0 Å². The molecule has 0 radical (unpaired) electrons. The van der Waals surface area contributed by atoms with E-state index in [2.05, 4.69) is 14.9 Å². The number of nitrogens with zero attached hydrogens (tertiary/aromatic N) is 4. The fraction of sp³-hybridized carbons (Fsp3) is 0.630. The Morgan fingerprint density at radius 1 is 1.16 bits per heavy atom. The number of rotatable bonds is 5.